The number of benzene rings is 1. The minimum atomic E-state index is -0.668. The largest absolute Gasteiger partial charge is 0.491 e. The van der Waals surface area contributed by atoms with Crippen molar-refractivity contribution in [3.8, 4) is 17.1 Å². The summed E-state index contributed by atoms with van der Waals surface area (Å²) < 4.78 is 17.6. The van der Waals surface area contributed by atoms with Crippen LogP contribution in [0, 0.1) is 6.92 Å². The van der Waals surface area contributed by atoms with Gasteiger partial charge in [-0.2, -0.15) is 0 Å². The van der Waals surface area contributed by atoms with E-state index in [4.69, 9.17) is 41.5 Å². The van der Waals surface area contributed by atoms with Crippen molar-refractivity contribution in [2.45, 2.75) is 45.5 Å². The summed E-state index contributed by atoms with van der Waals surface area (Å²) in [5.74, 6) is 0.842. The number of nitrogens with zero attached hydrogens (tertiary/aromatic N) is 3. The molecule has 10 nitrogen and oxygen atoms in total. The predicted octanol–water partition coefficient (Wildman–Crippen LogP) is 2.69. The summed E-state index contributed by atoms with van der Waals surface area (Å²) in [5, 5.41) is 13.4. The van der Waals surface area contributed by atoms with Gasteiger partial charge in [-0.15, -0.1) is 0 Å². The molecule has 0 saturated carbocycles. The number of halogens is 1. The molecule has 0 radical (unpaired) electrons. The highest BCUT2D eigenvalue weighted by atomic mass is 35.5. The molecule has 4 rings (SSSR count). The zero-order valence-electron chi connectivity index (χ0n) is 22.3. The van der Waals surface area contributed by atoms with Gasteiger partial charge in [0.1, 0.15) is 24.3 Å². The lowest BCUT2D eigenvalue weighted by Gasteiger charge is -2.38. The van der Waals surface area contributed by atoms with Crippen molar-refractivity contribution in [3.05, 3.63) is 40.2 Å². The van der Waals surface area contributed by atoms with Crippen LogP contribution in [0.1, 0.15) is 37.9 Å². The molecule has 206 valence electrons. The Morgan fingerprint density at radius 2 is 1.95 bits per heavy atom. The lowest BCUT2D eigenvalue weighted by atomic mass is 9.99. The molecule has 2 aliphatic rings. The summed E-state index contributed by atoms with van der Waals surface area (Å²) in [5.41, 5.74) is 8.66. The Balaban J connectivity index is 1.76. The van der Waals surface area contributed by atoms with E-state index < -0.39 is 11.9 Å². The number of ketones is 1. The summed E-state index contributed by atoms with van der Waals surface area (Å²) >= 11 is 6.61. The van der Waals surface area contributed by atoms with Gasteiger partial charge >= 0.3 is 0 Å². The van der Waals surface area contributed by atoms with Crippen molar-refractivity contribution >= 4 is 28.8 Å². The number of likely N-dealkylation sites (N-methyl/N-ethyl adjacent to an activating group) is 1. The topological polar surface area (TPSA) is 132 Å². The number of aromatic nitrogens is 2. The first kappa shape index (κ1) is 28.3. The van der Waals surface area contributed by atoms with Crippen molar-refractivity contribution in [2.24, 2.45) is 5.73 Å². The van der Waals surface area contributed by atoms with Crippen molar-refractivity contribution < 1.29 is 24.1 Å². The monoisotopic (exact) mass is 545 g/mol. The number of nitrogens with two attached hydrogens (primary N) is 1. The van der Waals surface area contributed by atoms with Gasteiger partial charge in [-0.3, -0.25) is 4.79 Å². The minimum Gasteiger partial charge on any atom is -0.491 e. The van der Waals surface area contributed by atoms with E-state index in [9.17, 15) is 9.90 Å². The lowest BCUT2D eigenvalue weighted by molar-refractivity contribution is -0.169. The molecule has 38 heavy (non-hydrogen) atoms. The molecule has 0 unspecified atom stereocenters. The number of piperidine rings is 1. The van der Waals surface area contributed by atoms with Crippen molar-refractivity contribution in [1.82, 2.24) is 15.3 Å². The number of Topliss-reactive ketones (excluding diaryl/α,β-unsaturated/α-hetero) is 1. The van der Waals surface area contributed by atoms with Crippen LogP contribution in [0.25, 0.3) is 17.0 Å². The van der Waals surface area contributed by atoms with Gasteiger partial charge in [-0.25, -0.2) is 9.97 Å². The van der Waals surface area contributed by atoms with Gasteiger partial charge in [-0.1, -0.05) is 11.6 Å². The Bertz CT molecular complexity index is 1200. The second-order valence-electron chi connectivity index (χ2n) is 9.72. The maximum atomic E-state index is 12.6. The molecule has 2 fully saturated rings. The minimum absolute atomic E-state index is 0.108. The second kappa shape index (κ2) is 12.0. The van der Waals surface area contributed by atoms with E-state index in [0.717, 1.165) is 5.56 Å². The average molecular weight is 546 g/mol. The molecule has 3 heterocycles. The first-order valence-electron chi connectivity index (χ1n) is 12.8. The van der Waals surface area contributed by atoms with Gasteiger partial charge in [0, 0.05) is 49.3 Å². The maximum Gasteiger partial charge on any atom is 0.171 e. The lowest BCUT2D eigenvalue weighted by Crippen LogP contribution is -2.45. The highest BCUT2D eigenvalue weighted by Crippen LogP contribution is 2.37. The second-order valence-corrected chi connectivity index (χ2v) is 10.1. The van der Waals surface area contributed by atoms with E-state index in [1.54, 1.807) is 32.2 Å². The zero-order chi connectivity index (χ0) is 27.4. The molecule has 1 spiro atoms. The van der Waals surface area contributed by atoms with E-state index in [1.165, 1.54) is 6.92 Å². The number of hydrogen-bond donors (Lipinski definition) is 3. The third-order valence-corrected chi connectivity index (χ3v) is 7.13. The number of anilines is 1. The summed E-state index contributed by atoms with van der Waals surface area (Å²) in [4.78, 5) is 24.5. The SMILES string of the molecule is CNC[C@@H](O)COc1ccc(Cl)c(-c2nc(C(C(C)=O)=C(C)N)c(C)c(N3CCC4(CC3)OCCO4)n2)c1. The molecule has 0 aliphatic carbocycles. The summed E-state index contributed by atoms with van der Waals surface area (Å²) in [6, 6.07) is 5.17. The molecule has 1 aromatic carbocycles. The normalized spacial score (nSPS) is 18.4. The zero-order valence-corrected chi connectivity index (χ0v) is 23.1. The van der Waals surface area contributed by atoms with Crippen LogP contribution < -0.4 is 20.7 Å². The van der Waals surface area contributed by atoms with Crippen LogP contribution in [-0.4, -0.2) is 79.3 Å². The van der Waals surface area contributed by atoms with Crippen LogP contribution in [0.5, 0.6) is 5.75 Å². The van der Waals surface area contributed by atoms with Gasteiger partial charge in [-0.05, 0) is 46.0 Å². The van der Waals surface area contributed by atoms with Crippen molar-refractivity contribution in [2.75, 3.05) is 51.4 Å². The standard InChI is InChI=1S/C27H36ClN5O5/c1-16-24(23(17(2)29)18(3)34)31-25(21-13-20(5-6-22(21)28)36-15-19(35)14-30-4)32-26(16)33-9-7-27(8-10-33)37-11-12-38-27/h5-6,13,19,30,35H,7-12,14-15,29H2,1-4H3/t19-/m1/s1. The van der Waals surface area contributed by atoms with Gasteiger partial charge < -0.3 is 35.3 Å². The first-order valence-corrected chi connectivity index (χ1v) is 13.2. The van der Waals surface area contributed by atoms with Crippen LogP contribution in [0.2, 0.25) is 5.02 Å². The van der Waals surface area contributed by atoms with Crippen LogP contribution >= 0.6 is 11.6 Å². The molecular weight excluding hydrogens is 510 g/mol. The Kier molecular flexibility index (Phi) is 8.89. The highest BCUT2D eigenvalue weighted by molar-refractivity contribution is 6.33. The number of ether oxygens (including phenoxy) is 3. The first-order chi connectivity index (χ1) is 18.1. The third kappa shape index (κ3) is 6.10. The maximum absolute atomic E-state index is 12.6. The Morgan fingerprint density at radius 3 is 2.55 bits per heavy atom. The van der Waals surface area contributed by atoms with E-state index in [-0.39, 0.29) is 12.4 Å². The summed E-state index contributed by atoms with van der Waals surface area (Å²) in [6.07, 6.45) is 0.732. The molecule has 1 aromatic heterocycles. The van der Waals surface area contributed by atoms with Crippen molar-refractivity contribution in [3.63, 3.8) is 0 Å². The quantitative estimate of drug-likeness (QED) is 0.404. The van der Waals surface area contributed by atoms with Crippen LogP contribution in [-0.2, 0) is 14.3 Å². The molecule has 2 aliphatic heterocycles. The van der Waals surface area contributed by atoms with E-state index >= 15 is 0 Å². The number of aliphatic hydroxyl groups excluding tert-OH is 1. The Morgan fingerprint density at radius 1 is 1.26 bits per heavy atom. The molecule has 2 saturated heterocycles. The van der Waals surface area contributed by atoms with Gasteiger partial charge in [0.25, 0.3) is 0 Å². The summed E-state index contributed by atoms with van der Waals surface area (Å²) in [7, 11) is 1.76. The molecule has 1 atom stereocenters. The average Bonchev–Trinajstić information content (AvgIpc) is 3.33. The fraction of sp³-hybridized carbons (Fsp3) is 0.519. The smallest absolute Gasteiger partial charge is 0.171 e. The fourth-order valence-corrected chi connectivity index (χ4v) is 5.11. The molecule has 2 aromatic rings. The number of carbonyl (C=O) groups excluding carboxylic acids is 1. The Hall–Kier alpha value is -2.76. The molecular formula is C27H36ClN5O5. The number of rotatable bonds is 9. The Labute approximate surface area is 228 Å². The highest BCUT2D eigenvalue weighted by Gasteiger charge is 2.40. The number of nitrogens with one attached hydrogen (secondary N) is 1. The molecule has 0 amide bonds. The third-order valence-electron chi connectivity index (χ3n) is 6.80. The number of allylic oxidation sites excluding steroid dienone is 2. The number of aliphatic hydroxyl groups is 1. The van der Waals surface area contributed by atoms with Crippen molar-refractivity contribution in [1.29, 1.82) is 0 Å². The number of hydrogen-bond acceptors (Lipinski definition) is 10. The molecule has 0 bridgehead atoms. The van der Waals surface area contributed by atoms with E-state index in [2.05, 4.69) is 10.2 Å². The predicted molar refractivity (Wildman–Crippen MR) is 146 cm³/mol. The molecule has 11 heteroatoms. The number of carbonyl (C=O) groups is 1. The molecule has 4 N–H and O–H groups in total. The van der Waals surface area contributed by atoms with E-state index in [1.807, 2.05) is 6.92 Å². The van der Waals surface area contributed by atoms with Crippen LogP contribution in [0.3, 0.4) is 0 Å². The fourth-order valence-electron chi connectivity index (χ4n) is 4.91. The van der Waals surface area contributed by atoms with Gasteiger partial charge in [0.05, 0.1) is 29.5 Å². The van der Waals surface area contributed by atoms with Crippen LogP contribution in [0.15, 0.2) is 23.9 Å². The summed E-state index contributed by atoms with van der Waals surface area (Å²) in [6.45, 7) is 8.11. The van der Waals surface area contributed by atoms with E-state index in [0.29, 0.717) is 90.6 Å². The van der Waals surface area contributed by atoms with Crippen LogP contribution in [0.4, 0.5) is 5.82 Å². The van der Waals surface area contributed by atoms with Gasteiger partial charge in [0.15, 0.2) is 17.4 Å². The van der Waals surface area contributed by atoms with Gasteiger partial charge in [0.2, 0.25) is 0 Å².